The smallest absolute Gasteiger partial charge is 0.243 e. The standard InChI is InChI=1S/C18H23N5O3S2/c1-13(27-18-21-19-12-23(18)15-6-7-15)17(24)20-14-4-8-16(9-5-14)28(25,26)22-10-2-3-11-22/h4-5,8-9,12-13,15H,2-3,6-7,10-11H2,1H3,(H,20,24). The molecule has 2 aliphatic rings. The van der Waals surface area contributed by atoms with Gasteiger partial charge in [0.15, 0.2) is 5.16 Å². The van der Waals surface area contributed by atoms with Gasteiger partial charge in [-0.3, -0.25) is 4.79 Å². The zero-order valence-electron chi connectivity index (χ0n) is 15.6. The SMILES string of the molecule is CC(Sc1nncn1C1CC1)C(=O)Nc1ccc(S(=O)(=O)N2CCCC2)cc1. The highest BCUT2D eigenvalue weighted by atomic mass is 32.2. The van der Waals surface area contributed by atoms with Crippen LogP contribution in [0.2, 0.25) is 0 Å². The number of aromatic nitrogens is 3. The molecule has 1 aromatic heterocycles. The number of anilines is 1. The van der Waals surface area contributed by atoms with Crippen molar-refractivity contribution >= 4 is 33.4 Å². The number of sulfonamides is 1. The van der Waals surface area contributed by atoms with Crippen LogP contribution in [0.25, 0.3) is 0 Å². The van der Waals surface area contributed by atoms with E-state index in [-0.39, 0.29) is 16.1 Å². The highest BCUT2D eigenvalue weighted by molar-refractivity contribution is 8.00. The summed E-state index contributed by atoms with van der Waals surface area (Å²) in [5.74, 6) is -0.162. The summed E-state index contributed by atoms with van der Waals surface area (Å²) in [4.78, 5) is 12.8. The Hall–Kier alpha value is -1.91. The molecule has 2 fully saturated rings. The third-order valence-electron chi connectivity index (χ3n) is 4.96. The van der Waals surface area contributed by atoms with Crippen molar-refractivity contribution in [2.45, 2.75) is 54.0 Å². The summed E-state index contributed by atoms with van der Waals surface area (Å²) < 4.78 is 28.7. The Morgan fingerprint density at radius 3 is 2.54 bits per heavy atom. The second kappa shape index (κ2) is 7.84. The highest BCUT2D eigenvalue weighted by Gasteiger charge is 2.29. The van der Waals surface area contributed by atoms with E-state index in [0.717, 1.165) is 30.8 Å². The average Bonchev–Trinajstić information content (AvgIpc) is 3.17. The normalized spacial score (nSPS) is 18.9. The van der Waals surface area contributed by atoms with Crippen LogP contribution in [0, 0.1) is 0 Å². The summed E-state index contributed by atoms with van der Waals surface area (Å²) in [6.45, 7) is 2.96. The second-order valence-electron chi connectivity index (χ2n) is 7.14. The quantitative estimate of drug-likeness (QED) is 0.690. The Bertz CT molecular complexity index is 948. The molecule has 0 bridgehead atoms. The molecule has 1 N–H and O–H groups in total. The topological polar surface area (TPSA) is 97.2 Å². The van der Waals surface area contributed by atoms with Crippen molar-refractivity contribution in [3.8, 4) is 0 Å². The van der Waals surface area contributed by atoms with Crippen LogP contribution in [0.5, 0.6) is 0 Å². The van der Waals surface area contributed by atoms with Crippen LogP contribution < -0.4 is 5.32 Å². The summed E-state index contributed by atoms with van der Waals surface area (Å²) in [5, 5.41) is 11.3. The minimum Gasteiger partial charge on any atom is -0.325 e. The van der Waals surface area contributed by atoms with Gasteiger partial charge in [0.2, 0.25) is 15.9 Å². The largest absolute Gasteiger partial charge is 0.325 e. The Kier molecular flexibility index (Phi) is 5.44. The lowest BCUT2D eigenvalue weighted by Gasteiger charge is -2.16. The van der Waals surface area contributed by atoms with Gasteiger partial charge in [0, 0.05) is 24.8 Å². The number of carbonyl (C=O) groups excluding carboxylic acids is 1. The zero-order chi connectivity index (χ0) is 19.7. The van der Waals surface area contributed by atoms with E-state index in [0.29, 0.717) is 24.8 Å². The molecule has 2 heterocycles. The summed E-state index contributed by atoms with van der Waals surface area (Å²) in [6.07, 6.45) is 5.76. The Morgan fingerprint density at radius 2 is 1.89 bits per heavy atom. The van der Waals surface area contributed by atoms with E-state index in [2.05, 4.69) is 15.5 Å². The summed E-state index contributed by atoms with van der Waals surface area (Å²) in [5.41, 5.74) is 0.571. The molecule has 1 aliphatic carbocycles. The molecule has 150 valence electrons. The van der Waals surface area contributed by atoms with Gasteiger partial charge in [-0.15, -0.1) is 10.2 Å². The predicted molar refractivity (Wildman–Crippen MR) is 107 cm³/mol. The van der Waals surface area contributed by atoms with Crippen molar-refractivity contribution in [2.24, 2.45) is 0 Å². The molecular formula is C18H23N5O3S2. The summed E-state index contributed by atoms with van der Waals surface area (Å²) in [7, 11) is -3.44. The van der Waals surface area contributed by atoms with Crippen LogP contribution in [0.4, 0.5) is 5.69 Å². The van der Waals surface area contributed by atoms with Gasteiger partial charge in [-0.2, -0.15) is 4.31 Å². The maximum atomic E-state index is 12.6. The molecule has 2 aromatic rings. The van der Waals surface area contributed by atoms with Gasteiger partial charge in [0.05, 0.1) is 10.1 Å². The molecule has 1 saturated heterocycles. The van der Waals surface area contributed by atoms with Crippen molar-refractivity contribution in [3.63, 3.8) is 0 Å². The number of amides is 1. The molecule has 1 aliphatic heterocycles. The minimum atomic E-state index is -3.44. The Labute approximate surface area is 168 Å². The van der Waals surface area contributed by atoms with Crippen molar-refractivity contribution in [3.05, 3.63) is 30.6 Å². The van der Waals surface area contributed by atoms with Crippen LogP contribution in [0.15, 0.2) is 40.6 Å². The minimum absolute atomic E-state index is 0.162. The van der Waals surface area contributed by atoms with Gasteiger partial charge in [0.1, 0.15) is 6.33 Å². The van der Waals surface area contributed by atoms with Crippen molar-refractivity contribution < 1.29 is 13.2 Å². The van der Waals surface area contributed by atoms with Gasteiger partial charge in [0.25, 0.3) is 0 Å². The lowest BCUT2D eigenvalue weighted by molar-refractivity contribution is -0.115. The van der Waals surface area contributed by atoms with Gasteiger partial charge in [-0.1, -0.05) is 11.8 Å². The lowest BCUT2D eigenvalue weighted by Crippen LogP contribution is -2.27. The van der Waals surface area contributed by atoms with Crippen molar-refractivity contribution in [2.75, 3.05) is 18.4 Å². The van der Waals surface area contributed by atoms with E-state index in [9.17, 15) is 13.2 Å². The van der Waals surface area contributed by atoms with Gasteiger partial charge in [-0.05, 0) is 56.9 Å². The molecule has 1 saturated carbocycles. The summed E-state index contributed by atoms with van der Waals surface area (Å²) >= 11 is 1.37. The second-order valence-corrected chi connectivity index (χ2v) is 10.4. The van der Waals surface area contributed by atoms with Crippen LogP contribution in [0.3, 0.4) is 0 Å². The number of hydrogen-bond acceptors (Lipinski definition) is 6. The Morgan fingerprint density at radius 1 is 1.21 bits per heavy atom. The third-order valence-corrected chi connectivity index (χ3v) is 7.94. The van der Waals surface area contributed by atoms with Crippen LogP contribution in [-0.4, -0.2) is 51.7 Å². The average molecular weight is 422 g/mol. The molecule has 1 amide bonds. The number of nitrogens with one attached hydrogen (secondary N) is 1. The molecule has 10 heteroatoms. The van der Waals surface area contributed by atoms with E-state index in [4.69, 9.17) is 0 Å². The van der Waals surface area contributed by atoms with E-state index < -0.39 is 10.0 Å². The molecule has 1 aromatic carbocycles. The van der Waals surface area contributed by atoms with Crippen LogP contribution >= 0.6 is 11.8 Å². The molecule has 1 unspecified atom stereocenters. The van der Waals surface area contributed by atoms with Crippen molar-refractivity contribution in [1.29, 1.82) is 0 Å². The fourth-order valence-corrected chi connectivity index (χ4v) is 5.57. The Balaban J connectivity index is 1.38. The zero-order valence-corrected chi connectivity index (χ0v) is 17.2. The number of hydrogen-bond donors (Lipinski definition) is 1. The van der Waals surface area contributed by atoms with E-state index >= 15 is 0 Å². The fraction of sp³-hybridized carbons (Fsp3) is 0.500. The number of nitrogens with zero attached hydrogens (tertiary/aromatic N) is 4. The van der Waals surface area contributed by atoms with Gasteiger partial charge >= 0.3 is 0 Å². The lowest BCUT2D eigenvalue weighted by atomic mass is 10.3. The molecule has 0 spiro atoms. The van der Waals surface area contributed by atoms with Gasteiger partial charge in [-0.25, -0.2) is 8.42 Å². The van der Waals surface area contributed by atoms with E-state index in [1.54, 1.807) is 30.6 Å². The molecule has 28 heavy (non-hydrogen) atoms. The molecule has 0 radical (unpaired) electrons. The third kappa shape index (κ3) is 4.08. The number of benzene rings is 1. The van der Waals surface area contributed by atoms with Gasteiger partial charge < -0.3 is 9.88 Å². The molecule has 4 rings (SSSR count). The first kappa shape index (κ1) is 19.4. The monoisotopic (exact) mass is 421 g/mol. The first-order valence-corrected chi connectivity index (χ1v) is 11.7. The number of carbonyl (C=O) groups is 1. The van der Waals surface area contributed by atoms with Crippen LogP contribution in [-0.2, 0) is 14.8 Å². The number of thioether (sulfide) groups is 1. The van der Waals surface area contributed by atoms with E-state index in [1.165, 1.54) is 16.1 Å². The maximum Gasteiger partial charge on any atom is 0.243 e. The first-order chi connectivity index (χ1) is 13.4. The van der Waals surface area contributed by atoms with Crippen molar-refractivity contribution in [1.82, 2.24) is 19.1 Å². The first-order valence-electron chi connectivity index (χ1n) is 9.42. The highest BCUT2D eigenvalue weighted by Crippen LogP contribution is 2.38. The predicted octanol–water partition coefficient (Wildman–Crippen LogP) is 2.52. The van der Waals surface area contributed by atoms with E-state index in [1.807, 2.05) is 11.5 Å². The fourth-order valence-electron chi connectivity index (χ4n) is 3.16. The maximum absolute atomic E-state index is 12.6. The molecule has 8 nitrogen and oxygen atoms in total. The number of rotatable bonds is 7. The summed E-state index contributed by atoms with van der Waals surface area (Å²) in [6, 6.07) is 6.81. The molecule has 1 atom stereocenters. The molecular weight excluding hydrogens is 398 g/mol. The van der Waals surface area contributed by atoms with Crippen LogP contribution in [0.1, 0.15) is 38.6 Å².